The van der Waals surface area contributed by atoms with Gasteiger partial charge in [0.2, 0.25) is 5.88 Å². The largest absolute Gasteiger partial charge is 0.497 e. The van der Waals surface area contributed by atoms with E-state index in [1.165, 1.54) is 18.5 Å². The van der Waals surface area contributed by atoms with Gasteiger partial charge in [-0.3, -0.25) is 0 Å². The highest BCUT2D eigenvalue weighted by Crippen LogP contribution is 2.36. The van der Waals surface area contributed by atoms with Gasteiger partial charge in [0.05, 0.1) is 26.1 Å². The fourth-order valence-electron chi connectivity index (χ4n) is 2.64. The summed E-state index contributed by atoms with van der Waals surface area (Å²) in [5.74, 6) is 1.65. The lowest BCUT2D eigenvalue weighted by Gasteiger charge is -2.11. The van der Waals surface area contributed by atoms with Gasteiger partial charge in [-0.05, 0) is 36.4 Å². The first-order valence-corrected chi connectivity index (χ1v) is 8.04. The number of methoxy groups -OCH3 is 2. The molecule has 4 aromatic rings. The van der Waals surface area contributed by atoms with Crippen LogP contribution in [-0.4, -0.2) is 34.0 Å². The molecule has 0 aliphatic heterocycles. The minimum atomic E-state index is -0.319. The van der Waals surface area contributed by atoms with Crippen LogP contribution in [0.3, 0.4) is 0 Å². The van der Waals surface area contributed by atoms with E-state index in [4.69, 9.17) is 14.2 Å². The van der Waals surface area contributed by atoms with E-state index in [9.17, 15) is 4.39 Å². The quantitative estimate of drug-likeness (QED) is 0.535. The molecule has 0 aliphatic rings. The summed E-state index contributed by atoms with van der Waals surface area (Å²) in [6, 6.07) is 11.2. The van der Waals surface area contributed by atoms with Crippen LogP contribution in [0.1, 0.15) is 0 Å². The Labute approximate surface area is 154 Å². The Balaban J connectivity index is 1.75. The first kappa shape index (κ1) is 16.8. The molecule has 7 nitrogen and oxygen atoms in total. The SMILES string of the molecule is COc1ccc(Oc2ncnc3c2cnn3-c2ccc(F)cc2)c(OC)c1. The van der Waals surface area contributed by atoms with E-state index in [1.54, 1.807) is 55.4 Å². The van der Waals surface area contributed by atoms with Crippen molar-refractivity contribution in [3.05, 3.63) is 60.8 Å². The maximum atomic E-state index is 13.2. The zero-order chi connectivity index (χ0) is 18.8. The second-order valence-corrected chi connectivity index (χ2v) is 5.57. The van der Waals surface area contributed by atoms with Crippen LogP contribution in [-0.2, 0) is 0 Å². The summed E-state index contributed by atoms with van der Waals surface area (Å²) in [6.45, 7) is 0. The third kappa shape index (κ3) is 3.12. The standard InChI is InChI=1S/C19H15FN4O3/c1-25-14-7-8-16(17(9-14)26-2)27-19-15-10-23-24(18(15)21-11-22-19)13-5-3-12(20)4-6-13/h3-11H,1-2H3. The number of hydrogen-bond acceptors (Lipinski definition) is 6. The van der Waals surface area contributed by atoms with E-state index in [2.05, 4.69) is 15.1 Å². The topological polar surface area (TPSA) is 71.3 Å². The molecule has 2 heterocycles. The molecule has 0 N–H and O–H groups in total. The Morgan fingerprint density at radius 1 is 0.926 bits per heavy atom. The summed E-state index contributed by atoms with van der Waals surface area (Å²) in [7, 11) is 3.12. The van der Waals surface area contributed by atoms with Crippen LogP contribution in [0, 0.1) is 5.82 Å². The van der Waals surface area contributed by atoms with Gasteiger partial charge in [0.15, 0.2) is 17.1 Å². The number of ether oxygens (including phenoxy) is 3. The molecule has 8 heteroatoms. The first-order valence-electron chi connectivity index (χ1n) is 8.04. The van der Waals surface area contributed by atoms with E-state index in [1.807, 2.05) is 0 Å². The van der Waals surface area contributed by atoms with Crippen molar-refractivity contribution in [2.24, 2.45) is 0 Å². The first-order chi connectivity index (χ1) is 13.2. The average molecular weight is 366 g/mol. The lowest BCUT2D eigenvalue weighted by atomic mass is 10.3. The number of rotatable bonds is 5. The molecule has 0 aliphatic carbocycles. The molecule has 0 atom stereocenters. The van der Waals surface area contributed by atoms with Crippen molar-refractivity contribution >= 4 is 11.0 Å². The Hall–Kier alpha value is -3.68. The molecule has 27 heavy (non-hydrogen) atoms. The minimum Gasteiger partial charge on any atom is -0.497 e. The van der Waals surface area contributed by atoms with Crippen LogP contribution in [0.5, 0.6) is 23.1 Å². The van der Waals surface area contributed by atoms with Crippen LogP contribution >= 0.6 is 0 Å². The van der Waals surface area contributed by atoms with Gasteiger partial charge in [-0.1, -0.05) is 0 Å². The second kappa shape index (κ2) is 6.91. The summed E-state index contributed by atoms with van der Waals surface area (Å²) < 4.78 is 31.3. The van der Waals surface area contributed by atoms with Gasteiger partial charge in [-0.15, -0.1) is 0 Å². The van der Waals surface area contributed by atoms with Gasteiger partial charge in [0, 0.05) is 6.07 Å². The van der Waals surface area contributed by atoms with E-state index in [0.717, 1.165) is 0 Å². The van der Waals surface area contributed by atoms with Gasteiger partial charge in [-0.25, -0.2) is 19.0 Å². The molecular weight excluding hydrogens is 351 g/mol. The Morgan fingerprint density at radius 2 is 1.74 bits per heavy atom. The molecule has 0 amide bonds. The van der Waals surface area contributed by atoms with Gasteiger partial charge in [-0.2, -0.15) is 5.10 Å². The van der Waals surface area contributed by atoms with Crippen LogP contribution in [0.2, 0.25) is 0 Å². The summed E-state index contributed by atoms with van der Waals surface area (Å²) in [4.78, 5) is 8.48. The number of halogens is 1. The molecule has 0 radical (unpaired) electrons. The monoisotopic (exact) mass is 366 g/mol. The molecule has 2 aromatic heterocycles. The van der Waals surface area contributed by atoms with Crippen LogP contribution < -0.4 is 14.2 Å². The highest BCUT2D eigenvalue weighted by molar-refractivity contribution is 5.81. The molecular formula is C19H15FN4O3. The fourth-order valence-corrected chi connectivity index (χ4v) is 2.64. The van der Waals surface area contributed by atoms with Crippen molar-refractivity contribution in [2.45, 2.75) is 0 Å². The zero-order valence-corrected chi connectivity index (χ0v) is 14.6. The zero-order valence-electron chi connectivity index (χ0n) is 14.6. The summed E-state index contributed by atoms with van der Waals surface area (Å²) in [5.41, 5.74) is 1.22. The molecule has 4 rings (SSSR count). The maximum absolute atomic E-state index is 13.2. The number of hydrogen-bond donors (Lipinski definition) is 0. The third-order valence-corrected chi connectivity index (χ3v) is 3.98. The van der Waals surface area contributed by atoms with E-state index < -0.39 is 0 Å². The van der Waals surface area contributed by atoms with Crippen molar-refractivity contribution in [3.63, 3.8) is 0 Å². The van der Waals surface area contributed by atoms with Crippen LogP contribution in [0.4, 0.5) is 4.39 Å². The molecule has 2 aromatic carbocycles. The lowest BCUT2D eigenvalue weighted by molar-refractivity contribution is 0.366. The van der Waals surface area contributed by atoms with Gasteiger partial charge < -0.3 is 14.2 Å². The second-order valence-electron chi connectivity index (χ2n) is 5.57. The predicted octanol–water partition coefficient (Wildman–Crippen LogP) is 3.76. The van der Waals surface area contributed by atoms with E-state index in [-0.39, 0.29) is 5.82 Å². The van der Waals surface area contributed by atoms with E-state index >= 15 is 0 Å². The summed E-state index contributed by atoms with van der Waals surface area (Å²) >= 11 is 0. The van der Waals surface area contributed by atoms with Gasteiger partial charge in [0.1, 0.15) is 23.3 Å². The van der Waals surface area contributed by atoms with Gasteiger partial charge in [0.25, 0.3) is 0 Å². The molecule has 0 saturated heterocycles. The summed E-state index contributed by atoms with van der Waals surface area (Å²) in [5, 5.41) is 4.94. The molecule has 0 unspecified atom stereocenters. The normalized spacial score (nSPS) is 10.8. The van der Waals surface area contributed by atoms with Crippen molar-refractivity contribution in [2.75, 3.05) is 14.2 Å². The smallest absolute Gasteiger partial charge is 0.233 e. The fraction of sp³-hybridized carbons (Fsp3) is 0.105. The van der Waals surface area contributed by atoms with Crippen molar-refractivity contribution in [1.29, 1.82) is 0 Å². The van der Waals surface area contributed by atoms with Gasteiger partial charge >= 0.3 is 0 Å². The Morgan fingerprint density at radius 3 is 2.48 bits per heavy atom. The number of benzene rings is 2. The number of aromatic nitrogens is 4. The van der Waals surface area contributed by atoms with Crippen molar-refractivity contribution in [1.82, 2.24) is 19.7 Å². The van der Waals surface area contributed by atoms with Crippen LogP contribution in [0.25, 0.3) is 16.7 Å². The molecule has 136 valence electrons. The number of fused-ring (bicyclic) bond motifs is 1. The Kier molecular flexibility index (Phi) is 4.29. The molecule has 0 fully saturated rings. The highest BCUT2D eigenvalue weighted by Gasteiger charge is 2.15. The van der Waals surface area contributed by atoms with Crippen molar-refractivity contribution in [3.8, 4) is 28.8 Å². The summed E-state index contributed by atoms with van der Waals surface area (Å²) in [6.07, 6.45) is 2.99. The highest BCUT2D eigenvalue weighted by atomic mass is 19.1. The van der Waals surface area contributed by atoms with E-state index in [0.29, 0.717) is 39.8 Å². The third-order valence-electron chi connectivity index (χ3n) is 3.98. The average Bonchev–Trinajstić information content (AvgIpc) is 3.14. The Bertz CT molecular complexity index is 1100. The maximum Gasteiger partial charge on any atom is 0.233 e. The predicted molar refractivity (Wildman–Crippen MR) is 96.2 cm³/mol. The minimum absolute atomic E-state index is 0.319. The molecule has 0 bridgehead atoms. The number of nitrogens with zero attached hydrogens (tertiary/aromatic N) is 4. The lowest BCUT2D eigenvalue weighted by Crippen LogP contribution is -1.99. The molecule has 0 saturated carbocycles. The molecule has 0 spiro atoms. The van der Waals surface area contributed by atoms with Crippen molar-refractivity contribution < 1.29 is 18.6 Å². The van der Waals surface area contributed by atoms with Crippen LogP contribution in [0.15, 0.2) is 55.0 Å².